The Kier molecular flexibility index (Phi) is 8.88. The van der Waals surface area contributed by atoms with Crippen LogP contribution in [0.15, 0.2) is 86.9 Å². The number of nitrogens with one attached hydrogen (secondary N) is 2. The number of anilines is 1. The highest BCUT2D eigenvalue weighted by molar-refractivity contribution is 7.98. The van der Waals surface area contributed by atoms with Crippen molar-refractivity contribution in [1.29, 1.82) is 0 Å². The van der Waals surface area contributed by atoms with Crippen molar-refractivity contribution in [2.24, 2.45) is 0 Å². The number of para-hydroxylation sites is 2. The number of benzene rings is 3. The molecule has 0 fully saturated rings. The average Bonchev–Trinajstić information content (AvgIpc) is 3.66. The van der Waals surface area contributed by atoms with Crippen molar-refractivity contribution in [3.63, 3.8) is 0 Å². The van der Waals surface area contributed by atoms with E-state index in [1.54, 1.807) is 32.2 Å². The minimum absolute atomic E-state index is 0.196. The summed E-state index contributed by atoms with van der Waals surface area (Å²) in [6, 6.07) is 20.4. The number of hydrogen-bond donors (Lipinski definition) is 2. The number of aryl methyl sites for hydroxylation is 3. The summed E-state index contributed by atoms with van der Waals surface area (Å²) in [5.41, 5.74) is 4.67. The maximum absolute atomic E-state index is 14.4. The van der Waals surface area contributed by atoms with E-state index < -0.39 is 0 Å². The van der Waals surface area contributed by atoms with E-state index in [0.717, 1.165) is 16.7 Å². The van der Waals surface area contributed by atoms with Crippen LogP contribution >= 0.6 is 46.0 Å². The van der Waals surface area contributed by atoms with E-state index in [4.69, 9.17) is 26.3 Å². The van der Waals surface area contributed by atoms with Crippen LogP contribution in [-0.4, -0.2) is 32.5 Å². The Labute approximate surface area is 297 Å². The van der Waals surface area contributed by atoms with Crippen molar-refractivity contribution in [1.82, 2.24) is 19.5 Å². The molecule has 0 atom stereocenters. The number of H-pyrrole nitrogens is 1. The zero-order valence-electron chi connectivity index (χ0n) is 26.7. The van der Waals surface area contributed by atoms with Gasteiger partial charge in [-0.1, -0.05) is 71.4 Å². The number of aromatic nitrogens is 4. The second-order valence-electron chi connectivity index (χ2n) is 11.3. The highest BCUT2D eigenvalue weighted by atomic mass is 35.5. The number of ether oxygens (including phenoxy) is 1. The molecule has 7 aromatic rings. The van der Waals surface area contributed by atoms with Crippen LogP contribution < -0.4 is 21.2 Å². The van der Waals surface area contributed by atoms with E-state index >= 15 is 0 Å². The smallest absolute Gasteiger partial charge is 0.268 e. The number of fused-ring (bicyclic) bond motifs is 2. The van der Waals surface area contributed by atoms with Gasteiger partial charge in [-0.2, -0.15) is 0 Å². The number of aromatic amines is 1. The maximum atomic E-state index is 14.4. The van der Waals surface area contributed by atoms with Gasteiger partial charge in [-0.3, -0.25) is 19.0 Å². The normalized spacial score (nSPS) is 11.4. The largest absolute Gasteiger partial charge is 0.495 e. The fourth-order valence-electron chi connectivity index (χ4n) is 5.71. The minimum atomic E-state index is -0.340. The predicted molar refractivity (Wildman–Crippen MR) is 201 cm³/mol. The number of rotatable bonds is 8. The lowest BCUT2D eigenvalue weighted by Gasteiger charge is -2.15. The first-order valence-electron chi connectivity index (χ1n) is 15.1. The Morgan fingerprint density at radius 1 is 0.980 bits per heavy atom. The predicted octanol–water partition coefficient (Wildman–Crippen LogP) is 8.54. The summed E-state index contributed by atoms with van der Waals surface area (Å²) in [5, 5.41) is 6.61. The molecule has 9 nitrogen and oxygen atoms in total. The zero-order chi connectivity index (χ0) is 34.4. The van der Waals surface area contributed by atoms with E-state index in [1.165, 1.54) is 39.0 Å². The van der Waals surface area contributed by atoms with Gasteiger partial charge in [0.25, 0.3) is 17.0 Å². The van der Waals surface area contributed by atoms with Gasteiger partial charge >= 0.3 is 0 Å². The molecule has 13 heteroatoms. The quantitative estimate of drug-likeness (QED) is 0.119. The van der Waals surface area contributed by atoms with Gasteiger partial charge in [0.2, 0.25) is 0 Å². The molecule has 4 aromatic heterocycles. The number of nitrogens with zero attached hydrogens (tertiary/aromatic N) is 3. The van der Waals surface area contributed by atoms with E-state index in [-0.39, 0.29) is 22.8 Å². The lowest BCUT2D eigenvalue weighted by atomic mass is 10.1. The fourth-order valence-corrected chi connectivity index (χ4v) is 8.90. The standard InChI is InChI=1S/C36H28ClN5O4S3/c1-18-13-14-24(19(2)15-18)38-32(44)30-20(3)28-31(43)39-27(40-34(28)49-30)17-48-36-41-33-29(22(16-47-33)21-9-5-6-10-23(21)37)35(45)42(36)25-11-7-8-12-26(25)46-4/h5-16H,17H2,1-4H3,(H,38,44)(H,39,40,43). The molecule has 0 unspecified atom stereocenters. The van der Waals surface area contributed by atoms with Crippen LogP contribution in [0.25, 0.3) is 37.2 Å². The Hall–Kier alpha value is -4.75. The van der Waals surface area contributed by atoms with Gasteiger partial charge in [0.15, 0.2) is 5.16 Å². The highest BCUT2D eigenvalue weighted by Crippen LogP contribution is 2.37. The summed E-state index contributed by atoms with van der Waals surface area (Å²) in [6.07, 6.45) is 0. The van der Waals surface area contributed by atoms with Crippen molar-refractivity contribution >= 4 is 78.1 Å². The molecule has 3 aromatic carbocycles. The number of thioether (sulfide) groups is 1. The number of thiophene rings is 2. The van der Waals surface area contributed by atoms with E-state index in [2.05, 4.69) is 10.3 Å². The van der Waals surface area contributed by atoms with E-state index in [0.29, 0.717) is 69.6 Å². The van der Waals surface area contributed by atoms with Crippen LogP contribution in [0.2, 0.25) is 5.02 Å². The molecule has 0 aliphatic carbocycles. The number of halogens is 1. The first-order chi connectivity index (χ1) is 23.6. The number of hydrogen-bond acceptors (Lipinski definition) is 9. The van der Waals surface area contributed by atoms with Crippen LogP contribution in [0.4, 0.5) is 5.69 Å². The maximum Gasteiger partial charge on any atom is 0.268 e. The summed E-state index contributed by atoms with van der Waals surface area (Å²) in [4.78, 5) is 55.1. The second kappa shape index (κ2) is 13.3. The lowest BCUT2D eigenvalue weighted by molar-refractivity contribution is 0.103. The summed E-state index contributed by atoms with van der Waals surface area (Å²) >= 11 is 10.3. The molecule has 0 aliphatic heterocycles. The summed E-state index contributed by atoms with van der Waals surface area (Å²) in [6.45, 7) is 5.69. The lowest BCUT2D eigenvalue weighted by Crippen LogP contribution is -2.22. The van der Waals surface area contributed by atoms with Gasteiger partial charge in [-0.25, -0.2) is 9.97 Å². The SMILES string of the molecule is COc1ccccc1-n1c(SCc2nc3sc(C(=O)Nc4ccc(C)cc4C)c(C)c3c(=O)[nH]2)nc2scc(-c3ccccc3Cl)c2c1=O. The summed E-state index contributed by atoms with van der Waals surface area (Å²) in [5.74, 6) is 0.778. The Morgan fingerprint density at radius 2 is 1.76 bits per heavy atom. The van der Waals surface area contributed by atoms with Crippen molar-refractivity contribution in [2.75, 3.05) is 12.4 Å². The number of carbonyl (C=O) groups excluding carboxylic acids is 1. The van der Waals surface area contributed by atoms with Crippen LogP contribution in [0.5, 0.6) is 5.75 Å². The van der Waals surface area contributed by atoms with Gasteiger partial charge in [-0.15, -0.1) is 22.7 Å². The van der Waals surface area contributed by atoms with E-state index in [1.807, 2.05) is 67.8 Å². The third-order valence-electron chi connectivity index (χ3n) is 8.09. The van der Waals surface area contributed by atoms with Crippen molar-refractivity contribution in [3.05, 3.63) is 125 Å². The average molecular weight is 726 g/mol. The van der Waals surface area contributed by atoms with E-state index in [9.17, 15) is 14.4 Å². The summed E-state index contributed by atoms with van der Waals surface area (Å²) in [7, 11) is 1.55. The molecule has 0 bridgehead atoms. The molecule has 4 heterocycles. The Bertz CT molecular complexity index is 2550. The van der Waals surface area contributed by atoms with Gasteiger partial charge < -0.3 is 15.0 Å². The van der Waals surface area contributed by atoms with Gasteiger partial charge in [0.1, 0.15) is 21.2 Å². The minimum Gasteiger partial charge on any atom is -0.495 e. The van der Waals surface area contributed by atoms with Crippen molar-refractivity contribution in [2.45, 2.75) is 31.7 Å². The molecule has 0 saturated carbocycles. The van der Waals surface area contributed by atoms with Crippen molar-refractivity contribution in [3.8, 4) is 22.6 Å². The first-order valence-corrected chi connectivity index (χ1v) is 18.2. The third kappa shape index (κ3) is 6.05. The Balaban J connectivity index is 1.27. The molecule has 0 spiro atoms. The van der Waals surface area contributed by atoms with Gasteiger partial charge in [0.05, 0.1) is 34.2 Å². The molecule has 7 rings (SSSR count). The van der Waals surface area contributed by atoms with Crippen LogP contribution in [-0.2, 0) is 5.75 Å². The topological polar surface area (TPSA) is 119 Å². The van der Waals surface area contributed by atoms with Crippen LogP contribution in [0.3, 0.4) is 0 Å². The number of carbonyl (C=O) groups is 1. The van der Waals surface area contributed by atoms with Gasteiger partial charge in [0, 0.05) is 27.2 Å². The summed E-state index contributed by atoms with van der Waals surface area (Å²) < 4.78 is 7.17. The van der Waals surface area contributed by atoms with Gasteiger partial charge in [-0.05, 0) is 56.2 Å². The van der Waals surface area contributed by atoms with Crippen LogP contribution in [0, 0.1) is 20.8 Å². The molecule has 1 amide bonds. The molecule has 49 heavy (non-hydrogen) atoms. The second-order valence-corrected chi connectivity index (χ2v) is 14.5. The first kappa shape index (κ1) is 32.8. The molecule has 0 aliphatic rings. The van der Waals surface area contributed by atoms with Crippen LogP contribution in [0.1, 0.15) is 32.2 Å². The molecule has 246 valence electrons. The molecule has 0 saturated heterocycles. The molecule has 0 radical (unpaired) electrons. The molecular formula is C36H28ClN5O4S3. The Morgan fingerprint density at radius 3 is 2.53 bits per heavy atom. The fraction of sp³-hybridized carbons (Fsp3) is 0.139. The highest BCUT2D eigenvalue weighted by Gasteiger charge is 2.23. The number of methoxy groups -OCH3 is 1. The third-order valence-corrected chi connectivity index (χ3v) is 11.4. The monoisotopic (exact) mass is 725 g/mol. The van der Waals surface area contributed by atoms with Crippen molar-refractivity contribution < 1.29 is 9.53 Å². The number of amides is 1. The zero-order valence-corrected chi connectivity index (χ0v) is 29.9. The molecule has 2 N–H and O–H groups in total. The molecular weight excluding hydrogens is 698 g/mol.